The van der Waals surface area contributed by atoms with Gasteiger partial charge in [-0.1, -0.05) is 118 Å². The molecule has 0 fully saturated rings. The van der Waals surface area contributed by atoms with Crippen LogP contribution in [0.3, 0.4) is 0 Å². The van der Waals surface area contributed by atoms with E-state index in [1.165, 1.54) is 88.1 Å². The summed E-state index contributed by atoms with van der Waals surface area (Å²) < 4.78 is 1.42. The zero-order valence-electron chi connectivity index (χ0n) is 31.5. The summed E-state index contributed by atoms with van der Waals surface area (Å²) in [6.45, 7) is 32.6. The molecule has 2 aromatic rings. The second kappa shape index (κ2) is 17.6. The van der Waals surface area contributed by atoms with E-state index < -0.39 is 22.5 Å². The Balaban J connectivity index is 0.000000512. The van der Waals surface area contributed by atoms with Gasteiger partial charge in [0.2, 0.25) is 0 Å². The third-order valence-corrected chi connectivity index (χ3v) is 8.77. The maximum absolute atomic E-state index is 12.9. The Morgan fingerprint density at radius 2 is 1.04 bits per heavy atom. The minimum atomic E-state index is -0.590. The second-order valence-electron chi connectivity index (χ2n) is 16.2. The summed E-state index contributed by atoms with van der Waals surface area (Å²) in [6.07, 6.45) is 11.1. The van der Waals surface area contributed by atoms with Crippen LogP contribution in [0.15, 0.2) is 30.3 Å². The highest BCUT2D eigenvalue weighted by atomic mass is 16.5. The number of anilines is 1. The van der Waals surface area contributed by atoms with Crippen LogP contribution in [-0.4, -0.2) is 36.2 Å². The van der Waals surface area contributed by atoms with Crippen LogP contribution in [0.25, 0.3) is 11.1 Å². The second-order valence-corrected chi connectivity index (χ2v) is 16.2. The molecule has 0 aliphatic rings. The van der Waals surface area contributed by atoms with Gasteiger partial charge in [-0.25, -0.2) is 5.06 Å². The van der Waals surface area contributed by atoms with E-state index >= 15 is 0 Å². The molecule has 0 unspecified atom stereocenters. The molecule has 2 rings (SSSR count). The first kappa shape index (κ1) is 40.8. The van der Waals surface area contributed by atoms with E-state index in [2.05, 4.69) is 48.5 Å². The molecule has 45 heavy (non-hydrogen) atoms. The molecule has 0 bridgehead atoms. The van der Waals surface area contributed by atoms with Crippen LogP contribution in [-0.2, 0) is 21.1 Å². The van der Waals surface area contributed by atoms with Gasteiger partial charge in [0.15, 0.2) is 5.75 Å². The molecule has 0 aliphatic carbocycles. The molecule has 0 heterocycles. The molecule has 0 aliphatic heterocycles. The number of unbranched alkanes of at least 4 members (excludes halogenated alkanes) is 4. The predicted octanol–water partition coefficient (Wildman–Crippen LogP) is 11.1. The van der Waals surface area contributed by atoms with E-state index in [0.29, 0.717) is 16.8 Å². The number of hydrogen-bond acceptors (Lipinski definition) is 2. The van der Waals surface area contributed by atoms with Gasteiger partial charge in [-0.15, -0.1) is 0 Å². The molecule has 2 radical (unpaired) electrons. The van der Waals surface area contributed by atoms with E-state index in [0.717, 1.165) is 16.2 Å². The zero-order chi connectivity index (χ0) is 34.6. The van der Waals surface area contributed by atoms with Crippen molar-refractivity contribution in [1.29, 1.82) is 0 Å². The first-order valence-corrected chi connectivity index (χ1v) is 17.8. The standard InChI is InChI=1S/C24H33NO3.C16H36N/c1-22(2,3)17-10-15(11-18(14-17)25(28)24(7,8)9)16-12-19(23(4,5)6)21(27)20(26)13-16;1-5-9-13-17(14-10-6-2,15-11-7-3)16-12-8-4/h10-14,26H,1-9H3;5-16H2,1-4H3/q;+1/p-1. The molecule has 256 valence electrons. The van der Waals surface area contributed by atoms with Gasteiger partial charge < -0.3 is 9.59 Å². The van der Waals surface area contributed by atoms with Gasteiger partial charge >= 0.3 is 0 Å². The fourth-order valence-corrected chi connectivity index (χ4v) is 5.69. The lowest BCUT2D eigenvalue weighted by Crippen LogP contribution is -2.50. The molecule has 0 aromatic heterocycles. The van der Waals surface area contributed by atoms with Crippen molar-refractivity contribution in [1.82, 2.24) is 0 Å². The van der Waals surface area contributed by atoms with Gasteiger partial charge in [0.05, 0.1) is 37.4 Å². The Morgan fingerprint density at radius 3 is 1.40 bits per heavy atom. The van der Waals surface area contributed by atoms with Crippen LogP contribution in [0.4, 0.5) is 5.69 Å². The van der Waals surface area contributed by atoms with Gasteiger partial charge in [0.25, 0.3) is 0 Å². The Labute approximate surface area is 278 Å². The van der Waals surface area contributed by atoms with Crippen LogP contribution in [0, 0.1) is 0 Å². The Hall–Kier alpha value is -2.24. The minimum absolute atomic E-state index is 0.172. The van der Waals surface area contributed by atoms with E-state index in [1.807, 2.05) is 53.7 Å². The summed E-state index contributed by atoms with van der Waals surface area (Å²) in [6, 6.07) is 8.90. The largest absolute Gasteiger partial charge is 0.870 e. The maximum atomic E-state index is 12.9. The molecule has 2 aromatic carbocycles. The number of hydroxylamine groups is 1. The summed E-state index contributed by atoms with van der Waals surface area (Å²) in [5, 5.41) is 38.6. The summed E-state index contributed by atoms with van der Waals surface area (Å²) in [7, 11) is 0. The summed E-state index contributed by atoms with van der Waals surface area (Å²) in [5.41, 5.74) is 2.29. The fourth-order valence-electron chi connectivity index (χ4n) is 5.69. The van der Waals surface area contributed by atoms with Crippen molar-refractivity contribution in [3.8, 4) is 22.6 Å². The molecular formula is C40H68N2O3. The van der Waals surface area contributed by atoms with Crippen LogP contribution in [0.1, 0.15) is 153 Å². The summed E-state index contributed by atoms with van der Waals surface area (Å²) in [4.78, 5) is 0. The first-order chi connectivity index (χ1) is 20.8. The Morgan fingerprint density at radius 1 is 0.622 bits per heavy atom. The van der Waals surface area contributed by atoms with E-state index in [1.54, 1.807) is 12.1 Å². The van der Waals surface area contributed by atoms with E-state index in [9.17, 15) is 15.4 Å². The maximum Gasteiger partial charge on any atom is 0.174 e. The van der Waals surface area contributed by atoms with Gasteiger partial charge in [-0.05, 0) is 92.2 Å². The van der Waals surface area contributed by atoms with Crippen LogP contribution in [0.5, 0.6) is 11.5 Å². The molecule has 0 N–H and O–H groups in total. The smallest absolute Gasteiger partial charge is 0.174 e. The van der Waals surface area contributed by atoms with Gasteiger partial charge in [-0.3, -0.25) is 5.11 Å². The van der Waals surface area contributed by atoms with Gasteiger partial charge in [0.1, 0.15) is 0 Å². The molecular weight excluding hydrogens is 556 g/mol. The summed E-state index contributed by atoms with van der Waals surface area (Å²) in [5.74, 6) is -0.969. The number of quaternary nitrogens is 1. The Bertz CT molecular complexity index is 1110. The molecule has 5 heteroatoms. The average Bonchev–Trinajstić information content (AvgIpc) is 2.95. The third-order valence-electron chi connectivity index (χ3n) is 8.77. The highest BCUT2D eigenvalue weighted by Crippen LogP contribution is 2.42. The van der Waals surface area contributed by atoms with Gasteiger partial charge in [0, 0.05) is 5.56 Å². The highest BCUT2D eigenvalue weighted by Gasteiger charge is 2.27. The third kappa shape index (κ3) is 12.8. The topological polar surface area (TPSA) is 66.1 Å². The molecule has 0 spiro atoms. The Kier molecular flexibility index (Phi) is 16.0. The lowest BCUT2D eigenvalue weighted by Gasteiger charge is -2.39. The van der Waals surface area contributed by atoms with Gasteiger partial charge in [-0.2, -0.15) is 0 Å². The molecule has 0 saturated heterocycles. The monoisotopic (exact) mass is 625 g/mol. The lowest BCUT2D eigenvalue weighted by atomic mass is 9.82. The van der Waals surface area contributed by atoms with Crippen LogP contribution < -0.4 is 10.2 Å². The van der Waals surface area contributed by atoms with Crippen molar-refractivity contribution in [3.63, 3.8) is 0 Å². The normalized spacial score (nSPS) is 12.6. The predicted molar refractivity (Wildman–Crippen MR) is 191 cm³/mol. The van der Waals surface area contributed by atoms with E-state index in [4.69, 9.17) is 0 Å². The van der Waals surface area contributed by atoms with Crippen LogP contribution >= 0.6 is 0 Å². The number of hydrogen-bond donors (Lipinski definition) is 0. The lowest BCUT2D eigenvalue weighted by molar-refractivity contribution is -0.929. The average molecular weight is 625 g/mol. The van der Waals surface area contributed by atoms with E-state index in [-0.39, 0.29) is 5.41 Å². The molecule has 0 amide bonds. The SMILES string of the molecule is CC(C)(C)c1cc(-c2cc([O-])c([O])c(C(C)(C)C)c2)cc(N([O])C(C)(C)C)c1.CCCC[N+](CCCC)(CCCC)CCCC. The van der Waals surface area contributed by atoms with Crippen molar-refractivity contribution < 1.29 is 19.9 Å². The van der Waals surface area contributed by atoms with Crippen molar-refractivity contribution in [2.45, 2.75) is 158 Å². The number of rotatable bonds is 14. The quantitative estimate of drug-likeness (QED) is 0.155. The van der Waals surface area contributed by atoms with Crippen LogP contribution in [0.2, 0.25) is 0 Å². The van der Waals surface area contributed by atoms with Crippen molar-refractivity contribution in [2.75, 3.05) is 31.2 Å². The zero-order valence-corrected chi connectivity index (χ0v) is 31.5. The van der Waals surface area contributed by atoms with Crippen molar-refractivity contribution in [2.24, 2.45) is 0 Å². The molecule has 0 atom stereocenters. The fraction of sp³-hybridized carbons (Fsp3) is 0.700. The number of nitrogens with zero attached hydrogens (tertiary/aromatic N) is 2. The highest BCUT2D eigenvalue weighted by molar-refractivity contribution is 5.74. The minimum Gasteiger partial charge on any atom is -0.870 e. The summed E-state index contributed by atoms with van der Waals surface area (Å²) >= 11 is 0. The molecule has 5 nitrogen and oxygen atoms in total. The molecule has 0 saturated carbocycles. The number of benzene rings is 2. The first-order valence-electron chi connectivity index (χ1n) is 17.8. The van der Waals surface area contributed by atoms with Crippen molar-refractivity contribution >= 4 is 5.69 Å². The van der Waals surface area contributed by atoms with Crippen molar-refractivity contribution in [3.05, 3.63) is 41.5 Å².